The number of carbonyl (C=O) groups excluding carboxylic acids is 1. The first kappa shape index (κ1) is 13.4. The molecule has 0 aromatic carbocycles. The molecule has 2 heterocycles. The molecule has 18 heavy (non-hydrogen) atoms. The zero-order valence-electron chi connectivity index (χ0n) is 8.93. The van der Waals surface area contributed by atoms with Gasteiger partial charge in [0.15, 0.2) is 5.78 Å². The first-order valence-electron chi connectivity index (χ1n) is 4.92. The number of carbonyl (C=O) groups is 1. The second kappa shape index (κ2) is 5.74. The summed E-state index contributed by atoms with van der Waals surface area (Å²) >= 11 is 7.98. The lowest BCUT2D eigenvalue weighted by Gasteiger charge is -2.05. The number of thiophene rings is 1. The van der Waals surface area contributed by atoms with Gasteiger partial charge in [0.1, 0.15) is 5.92 Å². The van der Waals surface area contributed by atoms with Crippen molar-refractivity contribution in [2.24, 2.45) is 0 Å². The smallest absolute Gasteiger partial charge is 0.194 e. The van der Waals surface area contributed by atoms with E-state index in [1.807, 2.05) is 6.07 Å². The fourth-order valence-corrected chi connectivity index (χ4v) is 3.46. The average molecular weight is 386 g/mol. The number of nitrogens with zero attached hydrogens (tertiary/aromatic N) is 2. The molecule has 0 saturated carbocycles. The highest BCUT2D eigenvalue weighted by molar-refractivity contribution is 9.13. The number of hydrogen-bond acceptors (Lipinski definition) is 4. The number of aromatic nitrogens is 1. The molecule has 1 atom stereocenters. The zero-order valence-corrected chi connectivity index (χ0v) is 12.9. The van der Waals surface area contributed by atoms with Gasteiger partial charge in [-0.3, -0.25) is 9.78 Å². The molecule has 0 amide bonds. The average Bonchev–Trinajstić information content (AvgIpc) is 2.72. The quantitative estimate of drug-likeness (QED) is 0.745. The summed E-state index contributed by atoms with van der Waals surface area (Å²) in [6, 6.07) is 7.14. The monoisotopic (exact) mass is 384 g/mol. The summed E-state index contributed by atoms with van der Waals surface area (Å²) < 4.78 is 1.67. The van der Waals surface area contributed by atoms with Crippen LogP contribution in [0, 0.1) is 11.3 Å². The van der Waals surface area contributed by atoms with Crippen LogP contribution < -0.4 is 0 Å². The van der Waals surface area contributed by atoms with Crippen molar-refractivity contribution in [3.63, 3.8) is 0 Å². The van der Waals surface area contributed by atoms with Gasteiger partial charge in [0.2, 0.25) is 0 Å². The first-order chi connectivity index (χ1) is 8.63. The van der Waals surface area contributed by atoms with Gasteiger partial charge in [-0.1, -0.05) is 0 Å². The van der Waals surface area contributed by atoms with Crippen LogP contribution in [0.4, 0.5) is 0 Å². The Kier molecular flexibility index (Phi) is 4.27. The Morgan fingerprint density at radius 1 is 1.39 bits per heavy atom. The molecule has 3 nitrogen and oxygen atoms in total. The number of Topliss-reactive ketones (excluding diaryl/α,β-unsaturated/α-hetero) is 1. The Morgan fingerprint density at radius 2 is 2.06 bits per heavy atom. The minimum absolute atomic E-state index is 0.194. The molecular formula is C12H6Br2N2OS. The highest BCUT2D eigenvalue weighted by atomic mass is 79.9. The van der Waals surface area contributed by atoms with E-state index in [1.54, 1.807) is 30.6 Å². The molecule has 1 unspecified atom stereocenters. The molecule has 2 aromatic rings. The molecule has 0 aliphatic rings. The Labute approximate surface area is 125 Å². The Hall–Kier alpha value is -1.03. The first-order valence-corrected chi connectivity index (χ1v) is 7.32. The van der Waals surface area contributed by atoms with E-state index in [0.717, 1.165) is 8.26 Å². The van der Waals surface area contributed by atoms with Gasteiger partial charge < -0.3 is 0 Å². The lowest BCUT2D eigenvalue weighted by molar-refractivity contribution is 0.0983. The molecule has 0 fully saturated rings. The van der Waals surface area contributed by atoms with Crippen LogP contribution in [0.1, 0.15) is 21.2 Å². The second-order valence-corrected chi connectivity index (χ2v) is 6.66. The molecule has 0 spiro atoms. The molecule has 0 aliphatic heterocycles. The van der Waals surface area contributed by atoms with Crippen molar-refractivity contribution >= 4 is 49.0 Å². The summed E-state index contributed by atoms with van der Waals surface area (Å²) in [5.74, 6) is -0.981. The topological polar surface area (TPSA) is 53.8 Å². The Balaban J connectivity index is 2.35. The van der Waals surface area contributed by atoms with Gasteiger partial charge in [-0.05, 0) is 55.6 Å². The molecule has 0 bridgehead atoms. The standard InChI is InChI=1S/C12H6Br2N2OS/c13-9-5-10(18-12(9)14)11(17)8(6-15)7-1-3-16-4-2-7/h1-5,8H. The fourth-order valence-electron chi connectivity index (χ4n) is 1.45. The highest BCUT2D eigenvalue weighted by Gasteiger charge is 2.23. The van der Waals surface area contributed by atoms with Crippen molar-refractivity contribution in [1.29, 1.82) is 5.26 Å². The van der Waals surface area contributed by atoms with Crippen LogP contribution in [0.3, 0.4) is 0 Å². The van der Waals surface area contributed by atoms with E-state index in [2.05, 4.69) is 36.8 Å². The van der Waals surface area contributed by atoms with E-state index >= 15 is 0 Å². The highest BCUT2D eigenvalue weighted by Crippen LogP contribution is 2.34. The largest absolute Gasteiger partial charge is 0.291 e. The number of pyridine rings is 1. The predicted octanol–water partition coefficient (Wildman–Crippen LogP) is 4.16. The van der Waals surface area contributed by atoms with E-state index in [9.17, 15) is 10.1 Å². The third kappa shape index (κ3) is 2.69. The molecule has 6 heteroatoms. The van der Waals surface area contributed by atoms with Crippen LogP contribution in [0.2, 0.25) is 0 Å². The fraction of sp³-hybridized carbons (Fsp3) is 0.0833. The number of hydrogen-bond donors (Lipinski definition) is 0. The van der Waals surface area contributed by atoms with Crippen molar-refractivity contribution in [2.45, 2.75) is 5.92 Å². The summed E-state index contributed by atoms with van der Waals surface area (Å²) in [4.78, 5) is 16.7. The van der Waals surface area contributed by atoms with Crippen LogP contribution in [0.25, 0.3) is 0 Å². The molecule has 0 N–H and O–H groups in total. The van der Waals surface area contributed by atoms with Crippen molar-refractivity contribution in [2.75, 3.05) is 0 Å². The maximum Gasteiger partial charge on any atom is 0.194 e. The van der Waals surface area contributed by atoms with Crippen LogP contribution >= 0.6 is 43.2 Å². The maximum atomic E-state index is 12.3. The van der Waals surface area contributed by atoms with Crippen molar-refractivity contribution in [1.82, 2.24) is 4.98 Å². The lowest BCUT2D eigenvalue weighted by atomic mass is 9.96. The number of nitriles is 1. The molecule has 90 valence electrons. The summed E-state index contributed by atoms with van der Waals surface area (Å²) in [6.07, 6.45) is 3.15. The van der Waals surface area contributed by atoms with E-state index in [0.29, 0.717) is 10.4 Å². The van der Waals surface area contributed by atoms with Crippen molar-refractivity contribution in [3.8, 4) is 6.07 Å². The van der Waals surface area contributed by atoms with Crippen LogP contribution in [0.5, 0.6) is 0 Å². The number of halogens is 2. The van der Waals surface area contributed by atoms with Gasteiger partial charge in [-0.25, -0.2) is 0 Å². The number of rotatable bonds is 3. The normalized spacial score (nSPS) is 11.8. The van der Waals surface area contributed by atoms with Gasteiger partial charge in [-0.15, -0.1) is 11.3 Å². The lowest BCUT2D eigenvalue weighted by Crippen LogP contribution is -2.09. The molecule has 2 aromatic heterocycles. The molecule has 0 aliphatic carbocycles. The van der Waals surface area contributed by atoms with E-state index in [4.69, 9.17) is 0 Å². The van der Waals surface area contributed by atoms with Gasteiger partial charge in [0.05, 0.1) is 14.7 Å². The molecule has 0 saturated heterocycles. The minimum atomic E-state index is -0.787. The Bertz CT molecular complexity index is 599. The van der Waals surface area contributed by atoms with Gasteiger partial charge in [0, 0.05) is 16.9 Å². The third-order valence-electron chi connectivity index (χ3n) is 2.32. The van der Waals surface area contributed by atoms with E-state index in [1.165, 1.54) is 11.3 Å². The molecular weight excluding hydrogens is 380 g/mol. The Morgan fingerprint density at radius 3 is 2.56 bits per heavy atom. The summed E-state index contributed by atoms with van der Waals surface area (Å²) in [5, 5.41) is 9.18. The van der Waals surface area contributed by atoms with Crippen LogP contribution in [-0.4, -0.2) is 10.8 Å². The van der Waals surface area contributed by atoms with Crippen molar-refractivity contribution < 1.29 is 4.79 Å². The second-order valence-electron chi connectivity index (χ2n) is 3.44. The van der Waals surface area contributed by atoms with Gasteiger partial charge in [-0.2, -0.15) is 5.26 Å². The predicted molar refractivity (Wildman–Crippen MR) is 76.6 cm³/mol. The maximum absolute atomic E-state index is 12.3. The van der Waals surface area contributed by atoms with E-state index < -0.39 is 5.92 Å². The van der Waals surface area contributed by atoms with Crippen LogP contribution in [-0.2, 0) is 0 Å². The van der Waals surface area contributed by atoms with E-state index in [-0.39, 0.29) is 5.78 Å². The number of ketones is 1. The summed E-state index contributed by atoms with van der Waals surface area (Å²) in [7, 11) is 0. The summed E-state index contributed by atoms with van der Waals surface area (Å²) in [5.41, 5.74) is 0.665. The van der Waals surface area contributed by atoms with Crippen LogP contribution in [0.15, 0.2) is 38.9 Å². The molecule has 2 rings (SSSR count). The van der Waals surface area contributed by atoms with Crippen molar-refractivity contribution in [3.05, 3.63) is 49.3 Å². The van der Waals surface area contributed by atoms with Gasteiger partial charge >= 0.3 is 0 Å². The SMILES string of the molecule is N#CC(C(=O)c1cc(Br)c(Br)s1)c1ccncc1. The summed E-state index contributed by atoms with van der Waals surface area (Å²) in [6.45, 7) is 0. The molecule has 0 radical (unpaired) electrons. The minimum Gasteiger partial charge on any atom is -0.291 e. The third-order valence-corrected chi connectivity index (χ3v) is 5.59. The van der Waals surface area contributed by atoms with Gasteiger partial charge in [0.25, 0.3) is 0 Å². The zero-order chi connectivity index (χ0) is 13.1.